The number of hydrogen-bond donors (Lipinski definition) is 2. The Labute approximate surface area is 97.2 Å². The fraction of sp³-hybridized carbons (Fsp3) is 0.462. The normalized spacial score (nSPS) is 10.2. The number of aryl methyl sites for hydroxylation is 2. The number of carbonyl (C=O) groups excluding carboxylic acids is 1. The van der Waals surface area contributed by atoms with Gasteiger partial charge in [0.1, 0.15) is 0 Å². The lowest BCUT2D eigenvalue weighted by molar-refractivity contribution is -0.116. The maximum Gasteiger partial charge on any atom is 0.224 e. The summed E-state index contributed by atoms with van der Waals surface area (Å²) in [5.74, 6) is 0.0836. The molecule has 0 radical (unpaired) electrons. The van der Waals surface area contributed by atoms with Crippen LogP contribution in [0.5, 0.6) is 0 Å². The van der Waals surface area contributed by atoms with Crippen molar-refractivity contribution in [1.29, 1.82) is 0 Å². The van der Waals surface area contributed by atoms with Crippen LogP contribution in [0.1, 0.15) is 24.0 Å². The van der Waals surface area contributed by atoms with Gasteiger partial charge in [0.05, 0.1) is 0 Å². The van der Waals surface area contributed by atoms with Crippen molar-refractivity contribution in [3.8, 4) is 0 Å². The minimum absolute atomic E-state index is 0.0836. The first-order chi connectivity index (χ1) is 7.61. The van der Waals surface area contributed by atoms with Crippen LogP contribution in [-0.4, -0.2) is 19.5 Å². The van der Waals surface area contributed by atoms with Crippen molar-refractivity contribution in [2.75, 3.05) is 18.9 Å². The molecule has 0 fully saturated rings. The van der Waals surface area contributed by atoms with Crippen molar-refractivity contribution in [2.45, 2.75) is 26.7 Å². The summed E-state index contributed by atoms with van der Waals surface area (Å²) < 4.78 is 0. The summed E-state index contributed by atoms with van der Waals surface area (Å²) in [6.07, 6.45) is 1.43. The first kappa shape index (κ1) is 12.7. The number of nitrogens with one attached hydrogen (secondary N) is 2. The summed E-state index contributed by atoms with van der Waals surface area (Å²) in [6.45, 7) is 4.94. The van der Waals surface area contributed by atoms with Crippen LogP contribution in [0.15, 0.2) is 18.2 Å². The summed E-state index contributed by atoms with van der Waals surface area (Å²) in [5, 5.41) is 5.94. The molecule has 0 bridgehead atoms. The Balaban J connectivity index is 2.49. The second-order valence-electron chi connectivity index (χ2n) is 4.13. The second-order valence-corrected chi connectivity index (χ2v) is 4.13. The molecule has 1 aromatic carbocycles. The Morgan fingerprint density at radius 3 is 2.38 bits per heavy atom. The van der Waals surface area contributed by atoms with Crippen molar-refractivity contribution in [2.24, 2.45) is 0 Å². The van der Waals surface area contributed by atoms with Crippen molar-refractivity contribution in [1.82, 2.24) is 5.32 Å². The lowest BCUT2D eigenvalue weighted by atomic mass is 10.1. The van der Waals surface area contributed by atoms with E-state index in [1.165, 1.54) is 11.1 Å². The molecule has 0 aromatic heterocycles. The molecule has 0 unspecified atom stereocenters. The molecule has 0 atom stereocenters. The van der Waals surface area contributed by atoms with Crippen LogP contribution in [0.4, 0.5) is 5.69 Å². The van der Waals surface area contributed by atoms with Crippen molar-refractivity contribution < 1.29 is 4.79 Å². The molecule has 0 spiro atoms. The largest absolute Gasteiger partial charge is 0.326 e. The zero-order valence-corrected chi connectivity index (χ0v) is 10.3. The van der Waals surface area contributed by atoms with Crippen LogP contribution < -0.4 is 10.6 Å². The average molecular weight is 220 g/mol. The van der Waals surface area contributed by atoms with Crippen molar-refractivity contribution >= 4 is 11.6 Å². The third kappa shape index (κ3) is 4.45. The summed E-state index contributed by atoms with van der Waals surface area (Å²) in [6, 6.07) is 6.07. The molecule has 0 aliphatic carbocycles. The average Bonchev–Trinajstić information content (AvgIpc) is 2.16. The van der Waals surface area contributed by atoms with E-state index in [1.807, 2.05) is 33.0 Å². The van der Waals surface area contributed by atoms with Gasteiger partial charge >= 0.3 is 0 Å². The number of benzene rings is 1. The minimum Gasteiger partial charge on any atom is -0.326 e. The van der Waals surface area contributed by atoms with Crippen molar-refractivity contribution in [3.63, 3.8) is 0 Å². The number of amides is 1. The highest BCUT2D eigenvalue weighted by atomic mass is 16.1. The molecule has 16 heavy (non-hydrogen) atoms. The molecule has 1 aromatic rings. The molecule has 0 saturated carbocycles. The lowest BCUT2D eigenvalue weighted by Crippen LogP contribution is -2.15. The van der Waals surface area contributed by atoms with Gasteiger partial charge in [0.15, 0.2) is 0 Å². The second kappa shape index (κ2) is 6.28. The zero-order chi connectivity index (χ0) is 12.0. The van der Waals surface area contributed by atoms with Gasteiger partial charge in [-0.15, -0.1) is 0 Å². The molecule has 0 saturated heterocycles. The molecule has 0 heterocycles. The van der Waals surface area contributed by atoms with E-state index in [0.29, 0.717) is 6.42 Å². The SMILES string of the molecule is CNCCCC(=O)Nc1cc(C)cc(C)c1. The van der Waals surface area contributed by atoms with Crippen LogP contribution in [0.3, 0.4) is 0 Å². The Kier molecular flexibility index (Phi) is 4.99. The van der Waals surface area contributed by atoms with Gasteiger partial charge in [-0.3, -0.25) is 4.79 Å². The molecular formula is C13H20N2O. The van der Waals surface area contributed by atoms with E-state index in [4.69, 9.17) is 0 Å². The zero-order valence-electron chi connectivity index (χ0n) is 10.3. The highest BCUT2D eigenvalue weighted by molar-refractivity contribution is 5.90. The summed E-state index contributed by atoms with van der Waals surface area (Å²) >= 11 is 0. The van der Waals surface area contributed by atoms with Gasteiger partial charge in [0, 0.05) is 12.1 Å². The van der Waals surface area contributed by atoms with Gasteiger partial charge in [0.2, 0.25) is 5.91 Å². The smallest absolute Gasteiger partial charge is 0.224 e. The van der Waals surface area contributed by atoms with Crippen molar-refractivity contribution in [3.05, 3.63) is 29.3 Å². The van der Waals surface area contributed by atoms with Gasteiger partial charge in [-0.25, -0.2) is 0 Å². The number of hydrogen-bond acceptors (Lipinski definition) is 2. The van der Waals surface area contributed by atoms with E-state index in [0.717, 1.165) is 18.7 Å². The van der Waals surface area contributed by atoms with E-state index in [2.05, 4.69) is 16.7 Å². The molecule has 1 rings (SSSR count). The Morgan fingerprint density at radius 1 is 1.19 bits per heavy atom. The third-order valence-corrected chi connectivity index (χ3v) is 2.34. The fourth-order valence-electron chi connectivity index (χ4n) is 1.70. The van der Waals surface area contributed by atoms with Gasteiger partial charge in [-0.2, -0.15) is 0 Å². The molecule has 0 aliphatic heterocycles. The highest BCUT2D eigenvalue weighted by Crippen LogP contribution is 2.13. The minimum atomic E-state index is 0.0836. The maximum atomic E-state index is 11.6. The van der Waals surface area contributed by atoms with E-state index < -0.39 is 0 Å². The van der Waals surface area contributed by atoms with Crippen LogP contribution in [0, 0.1) is 13.8 Å². The van der Waals surface area contributed by atoms with Gasteiger partial charge in [-0.05, 0) is 57.1 Å². The van der Waals surface area contributed by atoms with E-state index >= 15 is 0 Å². The molecular weight excluding hydrogens is 200 g/mol. The van der Waals surface area contributed by atoms with Gasteiger partial charge < -0.3 is 10.6 Å². The standard InChI is InChI=1S/C13H20N2O/c1-10-7-11(2)9-12(8-10)15-13(16)5-4-6-14-3/h7-9,14H,4-6H2,1-3H3,(H,15,16). The van der Waals surface area contributed by atoms with E-state index in [9.17, 15) is 4.79 Å². The van der Waals surface area contributed by atoms with Crippen LogP contribution in [0.25, 0.3) is 0 Å². The molecule has 88 valence electrons. The Morgan fingerprint density at radius 2 is 1.81 bits per heavy atom. The molecule has 0 aliphatic rings. The molecule has 3 heteroatoms. The predicted octanol–water partition coefficient (Wildman–Crippen LogP) is 2.24. The topological polar surface area (TPSA) is 41.1 Å². The predicted molar refractivity (Wildman–Crippen MR) is 67.7 cm³/mol. The molecule has 1 amide bonds. The number of rotatable bonds is 5. The molecule has 3 nitrogen and oxygen atoms in total. The number of carbonyl (C=O) groups is 1. The maximum absolute atomic E-state index is 11.6. The first-order valence-corrected chi connectivity index (χ1v) is 5.64. The van der Waals surface area contributed by atoms with Crippen LogP contribution in [-0.2, 0) is 4.79 Å². The molecule has 2 N–H and O–H groups in total. The van der Waals surface area contributed by atoms with Gasteiger partial charge in [-0.1, -0.05) is 6.07 Å². The summed E-state index contributed by atoms with van der Waals surface area (Å²) in [4.78, 5) is 11.6. The monoisotopic (exact) mass is 220 g/mol. The quantitative estimate of drug-likeness (QED) is 0.747. The first-order valence-electron chi connectivity index (χ1n) is 5.64. The third-order valence-electron chi connectivity index (χ3n) is 2.34. The van der Waals surface area contributed by atoms with Gasteiger partial charge in [0.25, 0.3) is 0 Å². The lowest BCUT2D eigenvalue weighted by Gasteiger charge is -2.07. The highest BCUT2D eigenvalue weighted by Gasteiger charge is 2.02. The van der Waals surface area contributed by atoms with E-state index in [1.54, 1.807) is 0 Å². The fourth-order valence-corrected chi connectivity index (χ4v) is 1.70. The Bertz CT molecular complexity index is 341. The van der Waals surface area contributed by atoms with E-state index in [-0.39, 0.29) is 5.91 Å². The Hall–Kier alpha value is -1.35. The summed E-state index contributed by atoms with van der Waals surface area (Å²) in [5.41, 5.74) is 3.24. The van der Waals surface area contributed by atoms with Crippen LogP contribution >= 0.6 is 0 Å². The summed E-state index contributed by atoms with van der Waals surface area (Å²) in [7, 11) is 1.89. The van der Waals surface area contributed by atoms with Crippen LogP contribution in [0.2, 0.25) is 0 Å². The number of anilines is 1.